The molecule has 134 valence electrons. The Morgan fingerprint density at radius 1 is 1.04 bits per heavy atom. The van der Waals surface area contributed by atoms with Gasteiger partial charge in [-0.2, -0.15) is 0 Å². The third kappa shape index (κ3) is 3.86. The van der Waals surface area contributed by atoms with Gasteiger partial charge in [-0.3, -0.25) is 9.98 Å². The maximum Gasteiger partial charge on any atom is 0.0694 e. The minimum absolute atomic E-state index is 0.906. The van der Waals surface area contributed by atoms with Gasteiger partial charge in [0.2, 0.25) is 0 Å². The van der Waals surface area contributed by atoms with Gasteiger partial charge < -0.3 is 9.80 Å². The number of piperazine rings is 1. The van der Waals surface area contributed by atoms with Gasteiger partial charge in [0, 0.05) is 56.4 Å². The molecule has 0 aliphatic carbocycles. The second kappa shape index (κ2) is 7.83. The summed E-state index contributed by atoms with van der Waals surface area (Å²) in [4.78, 5) is 13.9. The summed E-state index contributed by atoms with van der Waals surface area (Å²) in [5.41, 5.74) is 6.13. The SMILES string of the molecule is CN1CCN(c2cccc(C=C3CCCN=C3c3cccnc3)c2)CC1. The highest BCUT2D eigenvalue weighted by Gasteiger charge is 2.16. The normalized spacial score (nSPS) is 20.3. The topological polar surface area (TPSA) is 31.7 Å². The lowest BCUT2D eigenvalue weighted by atomic mass is 9.95. The number of allylic oxidation sites excluding steroid dienone is 1. The van der Waals surface area contributed by atoms with Crippen LogP contribution in [-0.4, -0.2) is 55.4 Å². The zero-order valence-corrected chi connectivity index (χ0v) is 15.4. The Bertz CT molecular complexity index is 802. The van der Waals surface area contributed by atoms with Crippen LogP contribution in [0.2, 0.25) is 0 Å². The molecule has 2 aromatic rings. The van der Waals surface area contributed by atoms with Crippen molar-refractivity contribution < 1.29 is 0 Å². The van der Waals surface area contributed by atoms with Crippen molar-refractivity contribution in [2.45, 2.75) is 12.8 Å². The van der Waals surface area contributed by atoms with Gasteiger partial charge in [-0.1, -0.05) is 12.1 Å². The molecule has 4 heteroatoms. The quantitative estimate of drug-likeness (QED) is 0.852. The summed E-state index contributed by atoms with van der Waals surface area (Å²) >= 11 is 0. The standard InChI is InChI=1S/C22H26N4/c1-25-11-13-26(14-12-25)21-8-2-5-18(16-21)15-19-6-4-10-24-22(19)20-7-3-9-23-17-20/h2-3,5,7-9,15-17H,4,6,10-14H2,1H3. The number of rotatable bonds is 3. The third-order valence-corrected chi connectivity index (χ3v) is 5.19. The molecule has 0 radical (unpaired) electrons. The molecule has 0 bridgehead atoms. The average molecular weight is 346 g/mol. The molecule has 3 heterocycles. The number of pyridine rings is 1. The van der Waals surface area contributed by atoms with Crippen LogP contribution in [0.25, 0.3) is 6.08 Å². The molecule has 2 aliphatic rings. The minimum Gasteiger partial charge on any atom is -0.369 e. The lowest BCUT2D eigenvalue weighted by molar-refractivity contribution is 0.313. The summed E-state index contributed by atoms with van der Waals surface area (Å²) < 4.78 is 0. The molecule has 0 amide bonds. The Morgan fingerprint density at radius 3 is 2.73 bits per heavy atom. The van der Waals surface area contributed by atoms with Crippen molar-refractivity contribution in [3.8, 4) is 0 Å². The van der Waals surface area contributed by atoms with Gasteiger partial charge in [0.1, 0.15) is 0 Å². The number of likely N-dealkylation sites (N-methyl/N-ethyl adjacent to an activating group) is 1. The fourth-order valence-electron chi connectivity index (χ4n) is 3.68. The van der Waals surface area contributed by atoms with E-state index in [4.69, 9.17) is 4.99 Å². The summed E-state index contributed by atoms with van der Waals surface area (Å²) in [6, 6.07) is 13.0. The Morgan fingerprint density at radius 2 is 1.92 bits per heavy atom. The molecule has 4 nitrogen and oxygen atoms in total. The zero-order valence-electron chi connectivity index (χ0n) is 15.4. The van der Waals surface area contributed by atoms with Gasteiger partial charge in [-0.05, 0) is 61.4 Å². The van der Waals surface area contributed by atoms with Crippen LogP contribution < -0.4 is 4.90 Å². The third-order valence-electron chi connectivity index (χ3n) is 5.19. The Labute approximate surface area is 155 Å². The lowest BCUT2D eigenvalue weighted by Gasteiger charge is -2.34. The van der Waals surface area contributed by atoms with Crippen molar-refractivity contribution in [3.05, 3.63) is 65.5 Å². The maximum absolute atomic E-state index is 4.79. The number of aliphatic imine (C=N–C) groups is 1. The first kappa shape index (κ1) is 17.0. The van der Waals surface area contributed by atoms with E-state index in [1.807, 2.05) is 18.5 Å². The van der Waals surface area contributed by atoms with E-state index in [0.717, 1.165) is 56.8 Å². The van der Waals surface area contributed by atoms with Crippen molar-refractivity contribution in [2.75, 3.05) is 44.7 Å². The zero-order chi connectivity index (χ0) is 17.8. The van der Waals surface area contributed by atoms with E-state index in [1.165, 1.54) is 16.8 Å². The van der Waals surface area contributed by atoms with Crippen LogP contribution in [0.15, 0.2) is 59.4 Å². The first-order chi connectivity index (χ1) is 12.8. The molecule has 4 rings (SSSR count). The molecule has 1 aromatic heterocycles. The molecular weight excluding hydrogens is 320 g/mol. The van der Waals surface area contributed by atoms with Crippen LogP contribution in [0.5, 0.6) is 0 Å². The highest BCUT2D eigenvalue weighted by atomic mass is 15.2. The summed E-state index contributed by atoms with van der Waals surface area (Å²) in [5, 5.41) is 0. The summed E-state index contributed by atoms with van der Waals surface area (Å²) in [7, 11) is 2.19. The van der Waals surface area contributed by atoms with Crippen molar-refractivity contribution in [2.24, 2.45) is 4.99 Å². The maximum atomic E-state index is 4.79. The van der Waals surface area contributed by atoms with E-state index >= 15 is 0 Å². The van der Waals surface area contributed by atoms with Crippen molar-refractivity contribution in [3.63, 3.8) is 0 Å². The smallest absolute Gasteiger partial charge is 0.0694 e. The van der Waals surface area contributed by atoms with Gasteiger partial charge in [0.15, 0.2) is 0 Å². The fraction of sp³-hybridized carbons (Fsp3) is 0.364. The average Bonchev–Trinajstić information content (AvgIpc) is 2.70. The summed E-state index contributed by atoms with van der Waals surface area (Å²) in [6.07, 6.45) is 8.24. The monoisotopic (exact) mass is 346 g/mol. The second-order valence-electron chi connectivity index (χ2n) is 7.13. The number of hydrogen-bond donors (Lipinski definition) is 0. The predicted octanol–water partition coefficient (Wildman–Crippen LogP) is 3.50. The van der Waals surface area contributed by atoms with Gasteiger partial charge in [0.05, 0.1) is 5.71 Å². The van der Waals surface area contributed by atoms with Crippen LogP contribution in [-0.2, 0) is 0 Å². The van der Waals surface area contributed by atoms with Gasteiger partial charge in [0.25, 0.3) is 0 Å². The van der Waals surface area contributed by atoms with E-state index in [9.17, 15) is 0 Å². The molecule has 26 heavy (non-hydrogen) atoms. The molecule has 0 spiro atoms. The number of aromatic nitrogens is 1. The summed E-state index contributed by atoms with van der Waals surface area (Å²) in [6.45, 7) is 5.35. The Balaban J connectivity index is 1.60. The Hall–Kier alpha value is -2.46. The van der Waals surface area contributed by atoms with Gasteiger partial charge in [-0.25, -0.2) is 0 Å². The first-order valence-electron chi connectivity index (χ1n) is 9.49. The Kier molecular flexibility index (Phi) is 5.12. The molecule has 1 fully saturated rings. The molecule has 0 saturated carbocycles. The molecule has 0 atom stereocenters. The van der Waals surface area contributed by atoms with Crippen molar-refractivity contribution in [1.82, 2.24) is 9.88 Å². The van der Waals surface area contributed by atoms with Crippen molar-refractivity contribution in [1.29, 1.82) is 0 Å². The van der Waals surface area contributed by atoms with E-state index < -0.39 is 0 Å². The molecular formula is C22H26N4. The predicted molar refractivity (Wildman–Crippen MR) is 109 cm³/mol. The van der Waals surface area contributed by atoms with Crippen LogP contribution in [0.4, 0.5) is 5.69 Å². The first-order valence-corrected chi connectivity index (χ1v) is 9.49. The van der Waals surface area contributed by atoms with E-state index in [1.54, 1.807) is 0 Å². The van der Waals surface area contributed by atoms with Gasteiger partial charge >= 0.3 is 0 Å². The number of anilines is 1. The summed E-state index contributed by atoms with van der Waals surface area (Å²) in [5.74, 6) is 0. The van der Waals surface area contributed by atoms with E-state index in [-0.39, 0.29) is 0 Å². The highest BCUT2D eigenvalue weighted by molar-refractivity contribution is 6.15. The van der Waals surface area contributed by atoms with Crippen LogP contribution in [0.1, 0.15) is 24.0 Å². The van der Waals surface area contributed by atoms with Crippen LogP contribution in [0, 0.1) is 0 Å². The lowest BCUT2D eigenvalue weighted by Crippen LogP contribution is -2.44. The molecule has 1 aromatic carbocycles. The number of hydrogen-bond acceptors (Lipinski definition) is 4. The molecule has 2 aliphatic heterocycles. The van der Waals surface area contributed by atoms with Crippen molar-refractivity contribution >= 4 is 17.5 Å². The van der Waals surface area contributed by atoms with E-state index in [2.05, 4.69) is 58.2 Å². The number of benzene rings is 1. The van der Waals surface area contributed by atoms with Gasteiger partial charge in [-0.15, -0.1) is 0 Å². The van der Waals surface area contributed by atoms with E-state index in [0.29, 0.717) is 0 Å². The molecule has 0 N–H and O–H groups in total. The van der Waals surface area contributed by atoms with Crippen LogP contribution >= 0.6 is 0 Å². The molecule has 0 unspecified atom stereocenters. The second-order valence-corrected chi connectivity index (χ2v) is 7.13. The molecule has 1 saturated heterocycles. The minimum atomic E-state index is 0.906. The highest BCUT2D eigenvalue weighted by Crippen LogP contribution is 2.24. The van der Waals surface area contributed by atoms with Crippen LogP contribution in [0.3, 0.4) is 0 Å². The number of nitrogens with zero attached hydrogens (tertiary/aromatic N) is 4. The fourth-order valence-corrected chi connectivity index (χ4v) is 3.68. The largest absolute Gasteiger partial charge is 0.369 e.